The SMILES string of the molecule is CCC(CC)C1=NN2C(=N)C(=Cc3cc(C)n(-c4ccccc4F)c3C)C(=O)N=C2S1. The monoisotopic (exact) mass is 437 g/mol. The van der Waals surface area contributed by atoms with Crippen molar-refractivity contribution in [1.29, 1.82) is 5.41 Å². The number of carbonyl (C=O) groups is 1. The summed E-state index contributed by atoms with van der Waals surface area (Å²) in [5.41, 5.74) is 2.97. The second-order valence-electron chi connectivity index (χ2n) is 7.58. The zero-order chi connectivity index (χ0) is 22.3. The molecule has 1 N–H and O–H groups in total. The Morgan fingerprint density at radius 1 is 1.23 bits per heavy atom. The summed E-state index contributed by atoms with van der Waals surface area (Å²) in [7, 11) is 0. The van der Waals surface area contributed by atoms with E-state index in [0.29, 0.717) is 10.9 Å². The molecule has 3 heterocycles. The number of thioether (sulfide) groups is 1. The largest absolute Gasteiger partial charge is 0.315 e. The molecule has 160 valence electrons. The maximum absolute atomic E-state index is 14.4. The predicted molar refractivity (Wildman–Crippen MR) is 124 cm³/mol. The van der Waals surface area contributed by atoms with Crippen molar-refractivity contribution in [2.75, 3.05) is 0 Å². The van der Waals surface area contributed by atoms with Gasteiger partial charge in [-0.2, -0.15) is 15.1 Å². The van der Waals surface area contributed by atoms with Crippen molar-refractivity contribution in [2.24, 2.45) is 16.0 Å². The molecule has 8 heteroatoms. The first-order valence-electron chi connectivity index (χ1n) is 10.3. The molecule has 1 aromatic heterocycles. The van der Waals surface area contributed by atoms with Crippen molar-refractivity contribution >= 4 is 39.8 Å². The molecule has 2 aliphatic rings. The van der Waals surface area contributed by atoms with Gasteiger partial charge in [0.1, 0.15) is 10.9 Å². The lowest BCUT2D eigenvalue weighted by molar-refractivity contribution is -0.114. The first-order chi connectivity index (χ1) is 14.8. The fraction of sp³-hybridized carbons (Fsp3) is 0.304. The molecule has 6 nitrogen and oxygen atoms in total. The Hall–Kier alpha value is -3.00. The van der Waals surface area contributed by atoms with Gasteiger partial charge in [0.05, 0.1) is 11.3 Å². The number of amidine groups is 2. The van der Waals surface area contributed by atoms with Gasteiger partial charge < -0.3 is 4.57 Å². The van der Waals surface area contributed by atoms with Gasteiger partial charge >= 0.3 is 0 Å². The molecule has 0 spiro atoms. The number of aliphatic imine (C=N–C) groups is 1. The van der Waals surface area contributed by atoms with E-state index in [0.717, 1.165) is 34.8 Å². The third kappa shape index (κ3) is 3.65. The second kappa shape index (κ2) is 8.26. The number of nitrogens with zero attached hydrogens (tertiary/aromatic N) is 4. The minimum absolute atomic E-state index is 0.0131. The summed E-state index contributed by atoms with van der Waals surface area (Å²) in [4.78, 5) is 16.9. The molecule has 1 amide bonds. The molecular formula is C23H24FN5OS. The first-order valence-corrected chi connectivity index (χ1v) is 11.1. The van der Waals surface area contributed by atoms with Crippen LogP contribution in [0.25, 0.3) is 11.8 Å². The van der Waals surface area contributed by atoms with Crippen LogP contribution in [0.5, 0.6) is 0 Å². The van der Waals surface area contributed by atoms with Gasteiger partial charge in [-0.1, -0.05) is 26.0 Å². The highest BCUT2D eigenvalue weighted by atomic mass is 32.2. The van der Waals surface area contributed by atoms with Gasteiger partial charge in [0.25, 0.3) is 5.91 Å². The van der Waals surface area contributed by atoms with Crippen molar-refractivity contribution in [3.63, 3.8) is 0 Å². The van der Waals surface area contributed by atoms with E-state index in [1.807, 2.05) is 24.5 Å². The van der Waals surface area contributed by atoms with E-state index in [1.165, 1.54) is 22.8 Å². The zero-order valence-corrected chi connectivity index (χ0v) is 18.8. The number of carbonyl (C=O) groups excluding carboxylic acids is 1. The Morgan fingerprint density at radius 2 is 1.94 bits per heavy atom. The molecular weight excluding hydrogens is 413 g/mol. The molecule has 0 unspecified atom stereocenters. The smallest absolute Gasteiger partial charge is 0.283 e. The Labute approximate surface area is 185 Å². The van der Waals surface area contributed by atoms with Crippen molar-refractivity contribution in [3.8, 4) is 5.69 Å². The number of aromatic nitrogens is 1. The molecule has 0 fully saturated rings. The van der Waals surface area contributed by atoms with Gasteiger partial charge in [-0.25, -0.2) is 4.39 Å². The van der Waals surface area contributed by atoms with E-state index in [9.17, 15) is 9.18 Å². The quantitative estimate of drug-likeness (QED) is 0.646. The van der Waals surface area contributed by atoms with E-state index in [4.69, 9.17) is 5.41 Å². The standard InChI is InChI=1S/C23H24FN5OS/c1-5-15(6-2)22-27-29-20(25)17(21(30)26-23(29)31-22)12-16-11-13(3)28(14(16)4)19-10-8-7-9-18(19)24/h7-12,15,25H,5-6H2,1-4H3. The predicted octanol–water partition coefficient (Wildman–Crippen LogP) is 5.29. The van der Waals surface area contributed by atoms with Crippen LogP contribution in [-0.2, 0) is 4.79 Å². The van der Waals surface area contributed by atoms with Gasteiger partial charge in [0.15, 0.2) is 5.84 Å². The fourth-order valence-electron chi connectivity index (χ4n) is 3.90. The summed E-state index contributed by atoms with van der Waals surface area (Å²) in [6.07, 6.45) is 3.53. The molecule has 0 bridgehead atoms. The third-order valence-corrected chi connectivity index (χ3v) is 6.74. The fourth-order valence-corrected chi connectivity index (χ4v) is 5.06. The lowest BCUT2D eigenvalue weighted by Gasteiger charge is -2.20. The van der Waals surface area contributed by atoms with Crippen LogP contribution < -0.4 is 0 Å². The van der Waals surface area contributed by atoms with Crippen molar-refractivity contribution < 1.29 is 9.18 Å². The number of para-hydroxylation sites is 1. The van der Waals surface area contributed by atoms with Gasteiger partial charge in [-0.05, 0) is 68.3 Å². The maximum atomic E-state index is 14.4. The number of amides is 1. The molecule has 0 aliphatic carbocycles. The minimum atomic E-state index is -0.458. The zero-order valence-electron chi connectivity index (χ0n) is 17.9. The summed E-state index contributed by atoms with van der Waals surface area (Å²) >= 11 is 1.37. The average molecular weight is 438 g/mol. The Kier molecular flexibility index (Phi) is 5.66. The van der Waals surface area contributed by atoms with E-state index in [2.05, 4.69) is 23.9 Å². The van der Waals surface area contributed by atoms with Crippen LogP contribution in [0.15, 0.2) is 46.0 Å². The Morgan fingerprint density at radius 3 is 2.61 bits per heavy atom. The molecule has 4 rings (SSSR count). The molecule has 0 radical (unpaired) electrons. The molecule has 31 heavy (non-hydrogen) atoms. The van der Waals surface area contributed by atoms with Crippen molar-refractivity contribution in [3.05, 3.63) is 58.7 Å². The topological polar surface area (TPSA) is 73.8 Å². The second-order valence-corrected chi connectivity index (χ2v) is 8.57. The molecule has 0 saturated heterocycles. The van der Waals surface area contributed by atoms with E-state index < -0.39 is 5.91 Å². The Bertz CT molecular complexity index is 1170. The lowest BCUT2D eigenvalue weighted by atomic mass is 10.1. The highest BCUT2D eigenvalue weighted by Crippen LogP contribution is 2.33. The van der Waals surface area contributed by atoms with E-state index in [1.54, 1.807) is 24.3 Å². The van der Waals surface area contributed by atoms with Crippen LogP contribution in [0.4, 0.5) is 4.39 Å². The average Bonchev–Trinajstić information content (AvgIpc) is 3.27. The summed E-state index contributed by atoms with van der Waals surface area (Å²) < 4.78 is 16.2. The third-order valence-electron chi connectivity index (χ3n) is 5.67. The number of fused-ring (bicyclic) bond motifs is 1. The number of hydrogen-bond acceptors (Lipinski definition) is 4. The van der Waals surface area contributed by atoms with Gasteiger partial charge in [-0.3, -0.25) is 10.2 Å². The van der Waals surface area contributed by atoms with Crippen LogP contribution >= 0.6 is 11.8 Å². The molecule has 0 atom stereocenters. The van der Waals surface area contributed by atoms with Gasteiger partial charge in [0, 0.05) is 17.3 Å². The summed E-state index contributed by atoms with van der Waals surface area (Å²) in [5.74, 6) is -0.482. The maximum Gasteiger partial charge on any atom is 0.283 e. The molecule has 2 aliphatic heterocycles. The van der Waals surface area contributed by atoms with Gasteiger partial charge in [0.2, 0.25) is 5.17 Å². The van der Waals surface area contributed by atoms with E-state index in [-0.39, 0.29) is 23.1 Å². The number of benzene rings is 1. The number of halogens is 1. The number of rotatable bonds is 5. The van der Waals surface area contributed by atoms with Crippen LogP contribution in [0, 0.1) is 31.0 Å². The summed E-state index contributed by atoms with van der Waals surface area (Å²) in [5, 5.41) is 15.9. The van der Waals surface area contributed by atoms with Crippen molar-refractivity contribution in [2.45, 2.75) is 40.5 Å². The molecule has 0 saturated carbocycles. The van der Waals surface area contributed by atoms with Crippen LogP contribution in [0.1, 0.15) is 43.6 Å². The van der Waals surface area contributed by atoms with Crippen LogP contribution in [0.3, 0.4) is 0 Å². The Balaban J connectivity index is 1.73. The highest BCUT2D eigenvalue weighted by Gasteiger charge is 2.37. The van der Waals surface area contributed by atoms with Gasteiger partial charge in [-0.15, -0.1) is 0 Å². The number of hydrazone groups is 1. The number of hydrogen-bond donors (Lipinski definition) is 1. The van der Waals surface area contributed by atoms with Crippen molar-refractivity contribution in [1.82, 2.24) is 9.58 Å². The van der Waals surface area contributed by atoms with E-state index >= 15 is 0 Å². The lowest BCUT2D eigenvalue weighted by Crippen LogP contribution is -2.35. The number of nitrogens with one attached hydrogen (secondary N) is 1. The molecule has 2 aromatic rings. The first kappa shape index (κ1) is 21.2. The summed E-state index contributed by atoms with van der Waals surface area (Å²) in [6.45, 7) is 7.95. The van der Waals surface area contributed by atoms with Crippen LogP contribution in [0.2, 0.25) is 0 Å². The minimum Gasteiger partial charge on any atom is -0.315 e. The molecule has 1 aromatic carbocycles. The van der Waals surface area contributed by atoms with Crippen LogP contribution in [-0.4, -0.2) is 31.5 Å². The summed E-state index contributed by atoms with van der Waals surface area (Å²) in [6, 6.07) is 8.45. The highest BCUT2D eigenvalue weighted by molar-refractivity contribution is 8.27. The number of aryl methyl sites for hydroxylation is 1. The normalized spacial score (nSPS) is 17.5.